The van der Waals surface area contributed by atoms with E-state index in [0.29, 0.717) is 37.6 Å². The van der Waals surface area contributed by atoms with E-state index in [9.17, 15) is 18.5 Å². The van der Waals surface area contributed by atoms with Gasteiger partial charge >= 0.3 is 15.8 Å². The van der Waals surface area contributed by atoms with Crippen LogP contribution in [0.15, 0.2) is 10.3 Å². The zero-order chi connectivity index (χ0) is 13.3. The SMILES string of the molecule is O=[N+]([O-])c1cc(S(=O)(=O)O)sc1N1CCOCC1. The number of ether oxygens (including phenoxy) is 1. The Labute approximate surface area is 107 Å². The van der Waals surface area contributed by atoms with Gasteiger partial charge in [0.2, 0.25) is 0 Å². The van der Waals surface area contributed by atoms with E-state index >= 15 is 0 Å². The van der Waals surface area contributed by atoms with Crippen molar-refractivity contribution in [3.63, 3.8) is 0 Å². The van der Waals surface area contributed by atoms with Crippen LogP contribution in [-0.2, 0) is 14.9 Å². The highest BCUT2D eigenvalue weighted by atomic mass is 32.3. The normalized spacial score (nSPS) is 16.8. The van der Waals surface area contributed by atoms with Crippen LogP contribution in [0.2, 0.25) is 0 Å². The van der Waals surface area contributed by atoms with Gasteiger partial charge in [0, 0.05) is 13.1 Å². The van der Waals surface area contributed by atoms with Gasteiger partial charge in [-0.25, -0.2) is 0 Å². The highest BCUT2D eigenvalue weighted by Crippen LogP contribution is 2.39. The van der Waals surface area contributed by atoms with Crippen LogP contribution in [-0.4, -0.2) is 44.2 Å². The first-order chi connectivity index (χ1) is 8.39. The largest absolute Gasteiger partial charge is 0.378 e. The lowest BCUT2D eigenvalue weighted by molar-refractivity contribution is -0.383. The molecule has 100 valence electrons. The number of nitrogens with zero attached hydrogens (tertiary/aromatic N) is 2. The van der Waals surface area contributed by atoms with Crippen molar-refractivity contribution >= 4 is 32.1 Å². The Morgan fingerprint density at radius 3 is 2.56 bits per heavy atom. The van der Waals surface area contributed by atoms with Gasteiger partial charge in [0.05, 0.1) is 24.2 Å². The fourth-order valence-corrected chi connectivity index (χ4v) is 3.43. The van der Waals surface area contributed by atoms with Gasteiger partial charge in [-0.2, -0.15) is 8.42 Å². The number of morpholine rings is 1. The molecule has 0 spiro atoms. The molecule has 1 aromatic rings. The van der Waals surface area contributed by atoms with Crippen LogP contribution in [0, 0.1) is 10.1 Å². The monoisotopic (exact) mass is 294 g/mol. The predicted octanol–water partition coefficient (Wildman–Crippen LogP) is 0.740. The van der Waals surface area contributed by atoms with E-state index in [2.05, 4.69) is 0 Å². The molecular weight excluding hydrogens is 284 g/mol. The number of anilines is 1. The summed E-state index contributed by atoms with van der Waals surface area (Å²) < 4.78 is 35.6. The minimum atomic E-state index is -4.42. The summed E-state index contributed by atoms with van der Waals surface area (Å²) >= 11 is 0.692. The van der Waals surface area contributed by atoms with Crippen molar-refractivity contribution in [2.75, 3.05) is 31.2 Å². The van der Waals surface area contributed by atoms with Gasteiger partial charge in [-0.05, 0) is 0 Å². The highest BCUT2D eigenvalue weighted by molar-refractivity contribution is 7.88. The fraction of sp³-hybridized carbons (Fsp3) is 0.500. The number of nitro groups is 1. The molecule has 0 saturated carbocycles. The molecule has 0 aliphatic carbocycles. The zero-order valence-corrected chi connectivity index (χ0v) is 10.7. The molecule has 0 radical (unpaired) electrons. The minimum absolute atomic E-state index is 0.232. The van der Waals surface area contributed by atoms with Crippen molar-refractivity contribution < 1.29 is 22.6 Å². The number of rotatable bonds is 3. The summed E-state index contributed by atoms with van der Waals surface area (Å²) in [5, 5.41) is 11.1. The number of hydrogen-bond acceptors (Lipinski definition) is 7. The van der Waals surface area contributed by atoms with Gasteiger partial charge in [0.15, 0.2) is 9.21 Å². The number of hydrogen-bond donors (Lipinski definition) is 1. The molecule has 1 fully saturated rings. The molecule has 1 aliphatic rings. The van der Waals surface area contributed by atoms with E-state index in [4.69, 9.17) is 9.29 Å². The summed E-state index contributed by atoms with van der Waals surface area (Å²) in [6, 6.07) is 0.880. The van der Waals surface area contributed by atoms with E-state index in [0.717, 1.165) is 6.07 Å². The maximum Gasteiger partial charge on any atom is 0.305 e. The van der Waals surface area contributed by atoms with Crippen molar-refractivity contribution in [3.8, 4) is 0 Å². The third-order valence-electron chi connectivity index (χ3n) is 2.42. The molecule has 1 aromatic heterocycles. The Hall–Kier alpha value is -1.23. The molecule has 0 atom stereocenters. The molecule has 1 N–H and O–H groups in total. The summed E-state index contributed by atoms with van der Waals surface area (Å²) in [5.74, 6) is 0. The van der Waals surface area contributed by atoms with Gasteiger partial charge in [0.25, 0.3) is 0 Å². The molecule has 0 bridgehead atoms. The van der Waals surface area contributed by atoms with E-state index in [1.807, 2.05) is 0 Å². The Balaban J connectivity index is 2.44. The maximum atomic E-state index is 11.0. The zero-order valence-electron chi connectivity index (χ0n) is 9.11. The molecule has 8 nitrogen and oxygen atoms in total. The molecular formula is C8H10N2O6S2. The summed E-state index contributed by atoms with van der Waals surface area (Å²) in [7, 11) is -4.42. The van der Waals surface area contributed by atoms with Crippen molar-refractivity contribution in [2.45, 2.75) is 4.21 Å². The van der Waals surface area contributed by atoms with Gasteiger partial charge < -0.3 is 9.64 Å². The highest BCUT2D eigenvalue weighted by Gasteiger charge is 2.29. The Morgan fingerprint density at radius 2 is 2.06 bits per heavy atom. The molecule has 2 heterocycles. The van der Waals surface area contributed by atoms with Crippen LogP contribution in [0.1, 0.15) is 0 Å². The molecule has 1 aliphatic heterocycles. The lowest BCUT2D eigenvalue weighted by Gasteiger charge is -2.26. The smallest absolute Gasteiger partial charge is 0.305 e. The van der Waals surface area contributed by atoms with E-state index in [1.54, 1.807) is 4.90 Å². The standard InChI is InChI=1S/C8H10N2O6S2/c11-10(12)6-5-7(18(13,14)15)17-8(6)9-1-3-16-4-2-9/h5H,1-4H2,(H,13,14,15). The second-order valence-electron chi connectivity index (χ2n) is 3.59. The first-order valence-corrected chi connectivity index (χ1v) is 7.23. The van der Waals surface area contributed by atoms with Crippen LogP contribution in [0.4, 0.5) is 10.7 Å². The Kier molecular flexibility index (Phi) is 3.52. The Morgan fingerprint density at radius 1 is 1.44 bits per heavy atom. The summed E-state index contributed by atoms with van der Waals surface area (Å²) in [5.41, 5.74) is -0.311. The second-order valence-corrected chi connectivity index (χ2v) is 6.27. The first-order valence-electron chi connectivity index (χ1n) is 4.98. The maximum absolute atomic E-state index is 11.0. The van der Waals surface area contributed by atoms with E-state index in [-0.39, 0.29) is 10.7 Å². The average Bonchev–Trinajstić information content (AvgIpc) is 2.74. The molecule has 18 heavy (non-hydrogen) atoms. The van der Waals surface area contributed by atoms with Crippen molar-refractivity contribution in [2.24, 2.45) is 0 Å². The van der Waals surface area contributed by atoms with Gasteiger partial charge in [-0.3, -0.25) is 14.7 Å². The van der Waals surface area contributed by atoms with Crippen molar-refractivity contribution in [1.82, 2.24) is 0 Å². The Bertz CT molecular complexity index is 560. The van der Waals surface area contributed by atoms with Gasteiger partial charge in [-0.1, -0.05) is 11.3 Å². The van der Waals surface area contributed by atoms with Crippen LogP contribution < -0.4 is 4.90 Å². The summed E-state index contributed by atoms with van der Waals surface area (Å²) in [6.45, 7) is 1.76. The van der Waals surface area contributed by atoms with E-state index < -0.39 is 19.3 Å². The third kappa shape index (κ3) is 2.61. The molecule has 1 saturated heterocycles. The van der Waals surface area contributed by atoms with Crippen LogP contribution in [0.25, 0.3) is 0 Å². The van der Waals surface area contributed by atoms with Crippen LogP contribution in [0.3, 0.4) is 0 Å². The third-order valence-corrected chi connectivity index (χ3v) is 4.91. The summed E-state index contributed by atoms with van der Waals surface area (Å²) in [6.07, 6.45) is 0. The molecule has 0 aromatic carbocycles. The van der Waals surface area contributed by atoms with Crippen molar-refractivity contribution in [3.05, 3.63) is 16.2 Å². The topological polar surface area (TPSA) is 110 Å². The fourth-order valence-electron chi connectivity index (χ4n) is 1.60. The molecule has 0 amide bonds. The molecule has 0 unspecified atom stereocenters. The average molecular weight is 294 g/mol. The lowest BCUT2D eigenvalue weighted by atomic mass is 10.4. The van der Waals surface area contributed by atoms with Gasteiger partial charge in [-0.15, -0.1) is 0 Å². The van der Waals surface area contributed by atoms with Crippen LogP contribution in [0.5, 0.6) is 0 Å². The minimum Gasteiger partial charge on any atom is -0.378 e. The predicted molar refractivity (Wildman–Crippen MR) is 63.8 cm³/mol. The first kappa shape index (κ1) is 13.2. The number of thiophene rings is 1. The van der Waals surface area contributed by atoms with Crippen LogP contribution >= 0.6 is 11.3 Å². The summed E-state index contributed by atoms with van der Waals surface area (Å²) in [4.78, 5) is 11.9. The van der Waals surface area contributed by atoms with Crippen molar-refractivity contribution in [1.29, 1.82) is 0 Å². The second kappa shape index (κ2) is 4.80. The quantitative estimate of drug-likeness (QED) is 0.497. The van der Waals surface area contributed by atoms with E-state index in [1.165, 1.54) is 0 Å². The van der Waals surface area contributed by atoms with Gasteiger partial charge in [0.1, 0.15) is 0 Å². The lowest BCUT2D eigenvalue weighted by Crippen LogP contribution is -2.35. The molecule has 2 rings (SSSR count). The molecule has 10 heteroatoms.